The summed E-state index contributed by atoms with van der Waals surface area (Å²) in [4.78, 5) is 23.5. The fourth-order valence-electron chi connectivity index (χ4n) is 3.66. The number of carbonyl (C=O) groups is 2. The Balaban J connectivity index is 0.00000114. The molecule has 4 N–H and O–H groups in total. The molecule has 0 heterocycles. The molecule has 0 aliphatic heterocycles. The number of benzene rings is 2. The summed E-state index contributed by atoms with van der Waals surface area (Å²) in [6.07, 6.45) is -7.74. The van der Waals surface area contributed by atoms with Gasteiger partial charge in [0.1, 0.15) is 17.2 Å². The minimum atomic E-state index is -4.89. The molecule has 9 nitrogen and oxygen atoms in total. The van der Waals surface area contributed by atoms with E-state index in [1.165, 1.54) is 18.2 Å². The van der Waals surface area contributed by atoms with E-state index in [0.29, 0.717) is 38.5 Å². The van der Waals surface area contributed by atoms with Gasteiger partial charge in [-0.05, 0) is 63.1 Å². The van der Waals surface area contributed by atoms with Crippen LogP contribution in [0.15, 0.2) is 42.5 Å². The summed E-state index contributed by atoms with van der Waals surface area (Å²) in [6.45, 7) is 4.93. The number of ether oxygens (including phenoxy) is 3. The maximum atomic E-state index is 12.4. The van der Waals surface area contributed by atoms with E-state index < -0.39 is 30.3 Å². The van der Waals surface area contributed by atoms with Gasteiger partial charge in [-0.2, -0.15) is 0 Å². The number of carbonyl (C=O) groups excluding carboxylic acids is 2. The maximum absolute atomic E-state index is 12.4. The van der Waals surface area contributed by atoms with Crippen molar-refractivity contribution >= 4 is 18.0 Å². The molecule has 0 atom stereocenters. The average Bonchev–Trinajstić information content (AvgIpc) is 2.91. The van der Waals surface area contributed by atoms with E-state index in [-0.39, 0.29) is 35.8 Å². The van der Waals surface area contributed by atoms with Gasteiger partial charge in [0.05, 0.1) is 18.3 Å². The topological polar surface area (TPSA) is 118 Å². The van der Waals surface area contributed by atoms with E-state index >= 15 is 0 Å². The maximum Gasteiger partial charge on any atom is 0.573 e. The van der Waals surface area contributed by atoms with Gasteiger partial charge in [-0.3, -0.25) is 4.79 Å². The molecule has 15 heteroatoms. The molecule has 0 spiro atoms. The van der Waals surface area contributed by atoms with E-state index in [4.69, 9.17) is 9.84 Å². The van der Waals surface area contributed by atoms with Crippen LogP contribution in [0.2, 0.25) is 0 Å². The zero-order chi connectivity index (χ0) is 31.8. The van der Waals surface area contributed by atoms with Gasteiger partial charge in [0.25, 0.3) is 0 Å². The van der Waals surface area contributed by atoms with E-state index in [2.05, 4.69) is 25.4 Å². The number of aldehydes is 1. The van der Waals surface area contributed by atoms with Gasteiger partial charge in [0, 0.05) is 24.3 Å². The molecule has 1 saturated carbocycles. The van der Waals surface area contributed by atoms with Crippen LogP contribution in [0.5, 0.6) is 17.2 Å². The Kier molecular flexibility index (Phi) is 15.5. The predicted molar refractivity (Wildman–Crippen MR) is 143 cm³/mol. The van der Waals surface area contributed by atoms with E-state index in [1.54, 1.807) is 7.05 Å². The summed E-state index contributed by atoms with van der Waals surface area (Å²) in [5.74, 6) is -0.897. The lowest BCUT2D eigenvalue weighted by Gasteiger charge is -2.30. The van der Waals surface area contributed by atoms with Gasteiger partial charge in [-0.1, -0.05) is 19.9 Å². The quantitative estimate of drug-likeness (QED) is 0.202. The molecule has 1 aliphatic carbocycles. The van der Waals surface area contributed by atoms with Gasteiger partial charge in [0.15, 0.2) is 6.29 Å². The summed E-state index contributed by atoms with van der Waals surface area (Å²) >= 11 is 0. The Labute approximate surface area is 239 Å². The number of anilines is 1. The molecule has 0 radical (unpaired) electrons. The van der Waals surface area contributed by atoms with Gasteiger partial charge < -0.3 is 35.3 Å². The third kappa shape index (κ3) is 14.8. The molecule has 236 valence electrons. The lowest BCUT2D eigenvalue weighted by Crippen LogP contribution is -2.41. The van der Waals surface area contributed by atoms with Crippen LogP contribution >= 0.6 is 0 Å². The lowest BCUT2D eigenvalue weighted by atomic mass is 9.93. The van der Waals surface area contributed by atoms with Crippen molar-refractivity contribution in [2.24, 2.45) is 0 Å². The van der Waals surface area contributed by atoms with Crippen LogP contribution in [0.4, 0.5) is 36.8 Å². The molecule has 3 rings (SSSR count). The van der Waals surface area contributed by atoms with Crippen LogP contribution in [0.25, 0.3) is 0 Å². The third-order valence-corrected chi connectivity index (χ3v) is 5.33. The number of likely N-dealkylation sites (N-methyl/N-ethyl adjacent to an activating group) is 1. The van der Waals surface area contributed by atoms with Crippen LogP contribution in [0, 0.1) is 0 Å². The fourth-order valence-corrected chi connectivity index (χ4v) is 3.66. The number of amides is 2. The molecule has 0 saturated heterocycles. The Bertz CT molecular complexity index is 1090. The number of alkyl halides is 6. The summed E-state index contributed by atoms with van der Waals surface area (Å²) in [7, 11) is 1.80. The van der Waals surface area contributed by atoms with E-state index in [0.717, 1.165) is 24.3 Å². The first-order valence-corrected chi connectivity index (χ1v) is 13.0. The second kappa shape index (κ2) is 18.0. The van der Waals surface area contributed by atoms with E-state index in [9.17, 15) is 35.9 Å². The molecule has 1 fully saturated rings. The van der Waals surface area contributed by atoms with Crippen LogP contribution in [0.1, 0.15) is 49.9 Å². The average molecular weight is 612 g/mol. The number of rotatable bonds is 9. The molecule has 2 aromatic rings. The first-order chi connectivity index (χ1) is 19.8. The number of halogens is 6. The van der Waals surface area contributed by atoms with Crippen molar-refractivity contribution in [2.45, 2.75) is 64.4 Å². The molecule has 2 aromatic carbocycles. The molecule has 42 heavy (non-hydrogen) atoms. The molecule has 0 bridgehead atoms. The molecule has 0 unspecified atom stereocenters. The second-order valence-electron chi connectivity index (χ2n) is 8.46. The molecule has 0 aromatic heterocycles. The Morgan fingerprint density at radius 3 is 2.05 bits per heavy atom. The minimum absolute atomic E-state index is 0.0943. The molecular formula is C27H35F6N3O6. The number of urea groups is 1. The summed E-state index contributed by atoms with van der Waals surface area (Å²) in [6, 6.07) is 7.19. The lowest BCUT2D eigenvalue weighted by molar-refractivity contribution is -0.275. The van der Waals surface area contributed by atoms with Crippen molar-refractivity contribution in [3.63, 3.8) is 0 Å². The third-order valence-electron chi connectivity index (χ3n) is 5.33. The van der Waals surface area contributed by atoms with Gasteiger partial charge in [-0.25, -0.2) is 4.79 Å². The monoisotopic (exact) mass is 611 g/mol. The second-order valence-corrected chi connectivity index (χ2v) is 8.46. The highest BCUT2D eigenvalue weighted by molar-refractivity contribution is 5.89. The largest absolute Gasteiger partial charge is 0.573 e. The summed E-state index contributed by atoms with van der Waals surface area (Å²) < 4.78 is 87.4. The number of aliphatic hydroxyl groups is 1. The van der Waals surface area contributed by atoms with Crippen LogP contribution in [-0.4, -0.2) is 62.5 Å². The number of hydrogen-bond acceptors (Lipinski definition) is 7. The van der Waals surface area contributed by atoms with Crippen molar-refractivity contribution in [2.75, 3.05) is 25.5 Å². The van der Waals surface area contributed by atoms with Crippen LogP contribution in [-0.2, 0) is 0 Å². The molecule has 2 amide bonds. The van der Waals surface area contributed by atoms with Crippen molar-refractivity contribution in [3.8, 4) is 17.2 Å². The van der Waals surface area contributed by atoms with Gasteiger partial charge >= 0.3 is 18.8 Å². The number of nitrogens with one attached hydrogen (secondary N) is 3. The zero-order valence-electron chi connectivity index (χ0n) is 23.3. The SMILES string of the molecule is CC.CNCCO.O=Cc1cc(OC(F)(F)F)ccc1OC1CCC(NC(=O)Nc2cccc(OC(F)(F)F)c2)CC1. The molecular weight excluding hydrogens is 576 g/mol. The highest BCUT2D eigenvalue weighted by atomic mass is 19.4. The first-order valence-electron chi connectivity index (χ1n) is 13.0. The van der Waals surface area contributed by atoms with Crippen molar-refractivity contribution in [1.29, 1.82) is 0 Å². The highest BCUT2D eigenvalue weighted by Gasteiger charge is 2.32. The Hall–Kier alpha value is -3.72. The normalized spacial score (nSPS) is 16.4. The summed E-state index contributed by atoms with van der Waals surface area (Å²) in [5, 5.41) is 15.9. The Morgan fingerprint density at radius 1 is 0.952 bits per heavy atom. The molecule has 1 aliphatic rings. The highest BCUT2D eigenvalue weighted by Crippen LogP contribution is 2.31. The zero-order valence-corrected chi connectivity index (χ0v) is 23.3. The van der Waals surface area contributed by atoms with E-state index in [1.807, 2.05) is 13.8 Å². The Morgan fingerprint density at radius 2 is 1.55 bits per heavy atom. The van der Waals surface area contributed by atoms with Crippen LogP contribution < -0.4 is 30.2 Å². The first kappa shape index (κ1) is 36.3. The van der Waals surface area contributed by atoms with Crippen molar-refractivity contribution in [1.82, 2.24) is 10.6 Å². The predicted octanol–water partition coefficient (Wildman–Crippen LogP) is 6.03. The van der Waals surface area contributed by atoms with Crippen molar-refractivity contribution < 1.29 is 55.2 Å². The standard InChI is InChI=1S/C22H20F6N2O5.C3H9NO.C2H6/c23-21(24,25)34-17-3-1-2-15(11-17)30-20(32)29-14-4-6-16(7-5-14)33-19-9-8-18(10-13(19)12-31)35-22(26,27)28;1-4-2-3-5;1-2/h1-3,8-12,14,16H,4-7H2,(H2,29,30,32);4-5H,2-3H2,1H3;1-2H3. The summed E-state index contributed by atoms with van der Waals surface area (Å²) in [5.41, 5.74) is 0.0173. The minimum Gasteiger partial charge on any atom is -0.490 e. The van der Waals surface area contributed by atoms with Gasteiger partial charge in [-0.15, -0.1) is 26.3 Å². The number of aliphatic hydroxyl groups excluding tert-OH is 1. The van der Waals surface area contributed by atoms with Crippen LogP contribution in [0.3, 0.4) is 0 Å². The number of hydrogen-bond donors (Lipinski definition) is 4. The van der Waals surface area contributed by atoms with Crippen molar-refractivity contribution in [3.05, 3.63) is 48.0 Å². The van der Waals surface area contributed by atoms with Gasteiger partial charge in [0.2, 0.25) is 0 Å². The smallest absolute Gasteiger partial charge is 0.490 e. The fraction of sp³-hybridized carbons (Fsp3) is 0.481.